The largest absolute Gasteiger partial charge is 0.497 e. The third kappa shape index (κ3) is 3.25. The highest BCUT2D eigenvalue weighted by Crippen LogP contribution is 2.34. The molecule has 2 rings (SSSR count). The Hall–Kier alpha value is -0.710. The lowest BCUT2D eigenvalue weighted by Crippen LogP contribution is -2.39. The summed E-state index contributed by atoms with van der Waals surface area (Å²) in [4.78, 5) is 0. The first kappa shape index (κ1) is 14.7. The van der Waals surface area contributed by atoms with Crippen molar-refractivity contribution in [3.8, 4) is 5.75 Å². The van der Waals surface area contributed by atoms with Gasteiger partial charge in [0.2, 0.25) is 0 Å². The van der Waals surface area contributed by atoms with Gasteiger partial charge in [0, 0.05) is 17.3 Å². The van der Waals surface area contributed by atoms with Crippen molar-refractivity contribution in [3.63, 3.8) is 0 Å². The number of aliphatic hydroxyl groups excluding tert-OH is 1. The average molecular weight is 281 g/mol. The second-order valence-corrected chi connectivity index (χ2v) is 6.14. The Bertz CT molecular complexity index is 421. The molecular weight excluding hydrogens is 258 g/mol. The van der Waals surface area contributed by atoms with E-state index in [0.29, 0.717) is 12.1 Å². The van der Waals surface area contributed by atoms with Crippen molar-refractivity contribution < 1.29 is 9.84 Å². The molecule has 3 unspecified atom stereocenters. The van der Waals surface area contributed by atoms with Gasteiger partial charge in [-0.1, -0.05) is 6.07 Å². The zero-order valence-corrected chi connectivity index (χ0v) is 12.7. The van der Waals surface area contributed by atoms with Crippen LogP contribution in [0.3, 0.4) is 0 Å². The van der Waals surface area contributed by atoms with Gasteiger partial charge in [-0.2, -0.15) is 11.8 Å². The van der Waals surface area contributed by atoms with Crippen LogP contribution in [0.15, 0.2) is 18.2 Å². The van der Waals surface area contributed by atoms with E-state index in [2.05, 4.69) is 24.4 Å². The summed E-state index contributed by atoms with van der Waals surface area (Å²) in [5, 5.41) is 13.3. The summed E-state index contributed by atoms with van der Waals surface area (Å²) in [5.74, 6) is 0.920. The first-order valence-electron chi connectivity index (χ1n) is 6.76. The van der Waals surface area contributed by atoms with Gasteiger partial charge in [0.1, 0.15) is 5.75 Å². The molecule has 0 spiro atoms. The fourth-order valence-electron chi connectivity index (χ4n) is 2.74. The predicted octanol–water partition coefficient (Wildman–Crippen LogP) is 2.38. The molecule has 1 aromatic rings. The second kappa shape index (κ2) is 6.64. The monoisotopic (exact) mass is 281 g/mol. The van der Waals surface area contributed by atoms with Crippen LogP contribution in [-0.4, -0.2) is 36.4 Å². The van der Waals surface area contributed by atoms with E-state index in [9.17, 15) is 5.11 Å². The summed E-state index contributed by atoms with van der Waals surface area (Å²) < 4.78 is 5.31. The topological polar surface area (TPSA) is 41.5 Å². The lowest BCUT2D eigenvalue weighted by molar-refractivity contribution is 0.270. The van der Waals surface area contributed by atoms with Gasteiger partial charge in [0.25, 0.3) is 0 Å². The van der Waals surface area contributed by atoms with E-state index in [-0.39, 0.29) is 11.9 Å². The molecule has 4 heteroatoms. The van der Waals surface area contributed by atoms with Crippen LogP contribution in [0.4, 0.5) is 0 Å². The summed E-state index contributed by atoms with van der Waals surface area (Å²) in [6.07, 6.45) is 4.29. The van der Waals surface area contributed by atoms with Crippen molar-refractivity contribution in [3.05, 3.63) is 29.3 Å². The molecule has 0 aliphatic heterocycles. The Morgan fingerprint density at radius 2 is 2.32 bits per heavy atom. The summed E-state index contributed by atoms with van der Waals surface area (Å²) in [6.45, 7) is 2.36. The zero-order valence-electron chi connectivity index (χ0n) is 11.8. The number of hydrogen-bond acceptors (Lipinski definition) is 4. The zero-order chi connectivity index (χ0) is 13.8. The Kier molecular flexibility index (Phi) is 5.13. The lowest BCUT2D eigenvalue weighted by Gasteiger charge is -2.25. The van der Waals surface area contributed by atoms with E-state index in [1.807, 2.05) is 12.3 Å². The number of thioether (sulfide) groups is 1. The quantitative estimate of drug-likeness (QED) is 0.840. The molecule has 0 saturated heterocycles. The standard InChI is InChI=1S/C15H23NO2S/c1-10(15(9-17)19-3)16-14-7-5-11-4-6-12(18-2)8-13(11)14/h4,6,8,10,14-17H,5,7,9H2,1-3H3. The number of benzene rings is 1. The molecule has 1 aromatic carbocycles. The third-order valence-electron chi connectivity index (χ3n) is 3.94. The molecule has 0 aromatic heterocycles. The minimum absolute atomic E-state index is 0.215. The summed E-state index contributed by atoms with van der Waals surface area (Å²) in [6, 6.07) is 7.00. The van der Waals surface area contributed by atoms with Gasteiger partial charge < -0.3 is 15.2 Å². The molecule has 0 radical (unpaired) electrons. The Balaban J connectivity index is 2.09. The maximum Gasteiger partial charge on any atom is 0.119 e. The van der Waals surface area contributed by atoms with Crippen LogP contribution < -0.4 is 10.1 Å². The fraction of sp³-hybridized carbons (Fsp3) is 0.600. The van der Waals surface area contributed by atoms with Crippen molar-refractivity contribution in [1.82, 2.24) is 5.32 Å². The lowest BCUT2D eigenvalue weighted by atomic mass is 10.1. The average Bonchev–Trinajstić information content (AvgIpc) is 2.82. The minimum atomic E-state index is 0.215. The molecule has 1 aliphatic rings. The Morgan fingerprint density at radius 3 is 2.95 bits per heavy atom. The summed E-state index contributed by atoms with van der Waals surface area (Å²) >= 11 is 1.71. The molecule has 0 bridgehead atoms. The van der Waals surface area contributed by atoms with Gasteiger partial charge in [-0.15, -0.1) is 0 Å². The van der Waals surface area contributed by atoms with Gasteiger partial charge in [-0.05, 0) is 49.3 Å². The maximum absolute atomic E-state index is 9.37. The third-order valence-corrected chi connectivity index (χ3v) is 5.10. The van der Waals surface area contributed by atoms with E-state index in [1.165, 1.54) is 11.1 Å². The van der Waals surface area contributed by atoms with E-state index in [0.717, 1.165) is 18.6 Å². The number of methoxy groups -OCH3 is 1. The van der Waals surface area contributed by atoms with E-state index < -0.39 is 0 Å². The summed E-state index contributed by atoms with van der Waals surface area (Å²) in [5.41, 5.74) is 2.76. The molecule has 0 fully saturated rings. The Labute approximate surface area is 119 Å². The molecule has 0 saturated carbocycles. The van der Waals surface area contributed by atoms with Gasteiger partial charge in [0.15, 0.2) is 0 Å². The highest BCUT2D eigenvalue weighted by atomic mass is 32.2. The number of fused-ring (bicyclic) bond motifs is 1. The van der Waals surface area contributed by atoms with Crippen LogP contribution in [0.25, 0.3) is 0 Å². The van der Waals surface area contributed by atoms with Crippen LogP contribution in [0.2, 0.25) is 0 Å². The molecule has 19 heavy (non-hydrogen) atoms. The van der Waals surface area contributed by atoms with Gasteiger partial charge in [-0.3, -0.25) is 0 Å². The SMILES string of the molecule is COc1ccc2c(c1)C(NC(C)C(CO)SC)CC2. The normalized spacial score (nSPS) is 20.9. The number of aryl methyl sites for hydroxylation is 1. The first-order chi connectivity index (χ1) is 9.19. The second-order valence-electron chi connectivity index (χ2n) is 5.07. The smallest absolute Gasteiger partial charge is 0.119 e. The van der Waals surface area contributed by atoms with E-state index in [4.69, 9.17) is 4.74 Å². The van der Waals surface area contributed by atoms with Crippen LogP contribution in [0.5, 0.6) is 5.75 Å². The van der Waals surface area contributed by atoms with E-state index >= 15 is 0 Å². The van der Waals surface area contributed by atoms with E-state index in [1.54, 1.807) is 18.9 Å². The van der Waals surface area contributed by atoms with Crippen molar-refractivity contribution in [2.75, 3.05) is 20.0 Å². The number of rotatable bonds is 6. The molecule has 3 nitrogen and oxygen atoms in total. The molecule has 106 valence electrons. The van der Waals surface area contributed by atoms with Gasteiger partial charge in [-0.25, -0.2) is 0 Å². The van der Waals surface area contributed by atoms with Crippen molar-refractivity contribution in [2.45, 2.75) is 37.1 Å². The number of ether oxygens (including phenoxy) is 1. The number of hydrogen-bond donors (Lipinski definition) is 2. The Morgan fingerprint density at radius 1 is 1.53 bits per heavy atom. The highest BCUT2D eigenvalue weighted by Gasteiger charge is 2.26. The molecule has 2 N–H and O–H groups in total. The van der Waals surface area contributed by atoms with Crippen LogP contribution >= 0.6 is 11.8 Å². The fourth-order valence-corrected chi connectivity index (χ4v) is 3.38. The van der Waals surface area contributed by atoms with Crippen LogP contribution in [0.1, 0.15) is 30.5 Å². The molecule has 0 amide bonds. The molecular formula is C15H23NO2S. The molecule has 0 heterocycles. The maximum atomic E-state index is 9.37. The minimum Gasteiger partial charge on any atom is -0.497 e. The van der Waals surface area contributed by atoms with Crippen molar-refractivity contribution in [2.24, 2.45) is 0 Å². The van der Waals surface area contributed by atoms with Gasteiger partial charge >= 0.3 is 0 Å². The highest BCUT2D eigenvalue weighted by molar-refractivity contribution is 7.99. The number of nitrogens with one attached hydrogen (secondary N) is 1. The first-order valence-corrected chi connectivity index (χ1v) is 8.05. The predicted molar refractivity (Wildman–Crippen MR) is 81.0 cm³/mol. The van der Waals surface area contributed by atoms with Crippen LogP contribution in [0, 0.1) is 0 Å². The van der Waals surface area contributed by atoms with Crippen molar-refractivity contribution in [1.29, 1.82) is 0 Å². The molecule has 1 aliphatic carbocycles. The number of aliphatic hydroxyl groups is 1. The van der Waals surface area contributed by atoms with Crippen molar-refractivity contribution >= 4 is 11.8 Å². The molecule has 3 atom stereocenters. The van der Waals surface area contributed by atoms with Gasteiger partial charge in [0.05, 0.1) is 13.7 Å². The van der Waals surface area contributed by atoms with Crippen LogP contribution in [-0.2, 0) is 6.42 Å². The summed E-state index contributed by atoms with van der Waals surface area (Å²) in [7, 11) is 1.71.